The van der Waals surface area contributed by atoms with Crippen molar-refractivity contribution in [3.63, 3.8) is 0 Å². The van der Waals surface area contributed by atoms with Gasteiger partial charge in [-0.25, -0.2) is 0 Å². The Morgan fingerprint density at radius 2 is 2.13 bits per heavy atom. The highest BCUT2D eigenvalue weighted by Gasteiger charge is 2.32. The molecule has 2 atom stereocenters. The van der Waals surface area contributed by atoms with Crippen molar-refractivity contribution < 1.29 is 0 Å². The molecule has 2 rings (SSSR count). The molecule has 15 heavy (non-hydrogen) atoms. The van der Waals surface area contributed by atoms with Crippen molar-refractivity contribution in [3.05, 3.63) is 35.4 Å². The standard InChI is InChI=1S/C14H21N/c1-3-11-5-4-6-13(9-11)14(15)10(2)12-7-8-12/h4-6,9-10,12,14H,3,7-8,15H2,1-2H3. The van der Waals surface area contributed by atoms with Gasteiger partial charge in [0.1, 0.15) is 0 Å². The van der Waals surface area contributed by atoms with Crippen LogP contribution < -0.4 is 5.73 Å². The minimum Gasteiger partial charge on any atom is -0.324 e. The molecule has 1 nitrogen and oxygen atoms in total. The van der Waals surface area contributed by atoms with Crippen molar-refractivity contribution >= 4 is 0 Å². The summed E-state index contributed by atoms with van der Waals surface area (Å²) in [7, 11) is 0. The van der Waals surface area contributed by atoms with E-state index in [4.69, 9.17) is 5.73 Å². The van der Waals surface area contributed by atoms with Gasteiger partial charge in [0.15, 0.2) is 0 Å². The van der Waals surface area contributed by atoms with E-state index in [1.54, 1.807) is 0 Å². The Hall–Kier alpha value is -0.820. The predicted octanol–water partition coefficient (Wildman–Crippen LogP) is 3.29. The Labute approximate surface area is 92.7 Å². The van der Waals surface area contributed by atoms with Gasteiger partial charge in [-0.1, -0.05) is 38.1 Å². The van der Waals surface area contributed by atoms with Crippen LogP contribution in [0.4, 0.5) is 0 Å². The number of hydrogen-bond donors (Lipinski definition) is 1. The second-order valence-corrected chi connectivity index (χ2v) is 4.82. The van der Waals surface area contributed by atoms with E-state index in [1.807, 2.05) is 0 Å². The van der Waals surface area contributed by atoms with E-state index in [1.165, 1.54) is 24.0 Å². The number of aryl methyl sites for hydroxylation is 1. The van der Waals surface area contributed by atoms with Crippen LogP contribution >= 0.6 is 0 Å². The fraction of sp³-hybridized carbons (Fsp3) is 0.571. The molecule has 1 saturated carbocycles. The van der Waals surface area contributed by atoms with E-state index in [9.17, 15) is 0 Å². The van der Waals surface area contributed by atoms with Gasteiger partial charge in [0.25, 0.3) is 0 Å². The summed E-state index contributed by atoms with van der Waals surface area (Å²) in [6.45, 7) is 4.48. The van der Waals surface area contributed by atoms with E-state index in [-0.39, 0.29) is 6.04 Å². The lowest BCUT2D eigenvalue weighted by Gasteiger charge is -2.20. The van der Waals surface area contributed by atoms with Crippen molar-refractivity contribution in [3.8, 4) is 0 Å². The van der Waals surface area contributed by atoms with Gasteiger partial charge in [0, 0.05) is 6.04 Å². The highest BCUT2D eigenvalue weighted by Crippen LogP contribution is 2.41. The van der Waals surface area contributed by atoms with Gasteiger partial charge < -0.3 is 5.73 Å². The molecule has 2 unspecified atom stereocenters. The molecule has 1 fully saturated rings. The molecule has 1 heteroatoms. The Balaban J connectivity index is 2.12. The van der Waals surface area contributed by atoms with Crippen LogP contribution in [0.25, 0.3) is 0 Å². The molecule has 0 amide bonds. The maximum absolute atomic E-state index is 6.30. The fourth-order valence-corrected chi connectivity index (χ4v) is 2.24. The molecule has 0 bridgehead atoms. The first kappa shape index (κ1) is 10.7. The third-order valence-corrected chi connectivity index (χ3v) is 3.68. The lowest BCUT2D eigenvalue weighted by molar-refractivity contribution is 0.417. The SMILES string of the molecule is CCc1cccc(C(N)C(C)C2CC2)c1. The summed E-state index contributed by atoms with van der Waals surface area (Å²) >= 11 is 0. The molecule has 0 spiro atoms. The third-order valence-electron chi connectivity index (χ3n) is 3.68. The monoisotopic (exact) mass is 203 g/mol. The summed E-state index contributed by atoms with van der Waals surface area (Å²) in [5.41, 5.74) is 9.01. The second kappa shape index (κ2) is 4.36. The summed E-state index contributed by atoms with van der Waals surface area (Å²) < 4.78 is 0. The highest BCUT2D eigenvalue weighted by atomic mass is 14.7. The molecule has 0 heterocycles. The smallest absolute Gasteiger partial charge is 0.0323 e. The molecule has 1 aliphatic rings. The van der Waals surface area contributed by atoms with Crippen molar-refractivity contribution in [1.29, 1.82) is 0 Å². The first-order valence-electron chi connectivity index (χ1n) is 6.06. The van der Waals surface area contributed by atoms with E-state index < -0.39 is 0 Å². The Morgan fingerprint density at radius 1 is 1.40 bits per heavy atom. The Morgan fingerprint density at radius 3 is 2.73 bits per heavy atom. The third kappa shape index (κ3) is 2.40. The van der Waals surface area contributed by atoms with Gasteiger partial charge in [0.2, 0.25) is 0 Å². The van der Waals surface area contributed by atoms with Crippen LogP contribution in [0.5, 0.6) is 0 Å². The molecule has 0 aliphatic heterocycles. The van der Waals surface area contributed by atoms with Crippen molar-refractivity contribution in [2.75, 3.05) is 0 Å². The summed E-state index contributed by atoms with van der Waals surface area (Å²) in [5.74, 6) is 1.52. The highest BCUT2D eigenvalue weighted by molar-refractivity contribution is 5.26. The van der Waals surface area contributed by atoms with Crippen LogP contribution in [0.15, 0.2) is 24.3 Å². The zero-order chi connectivity index (χ0) is 10.8. The van der Waals surface area contributed by atoms with Crippen LogP contribution in [-0.4, -0.2) is 0 Å². The van der Waals surface area contributed by atoms with Crippen LogP contribution in [0.1, 0.15) is 43.9 Å². The topological polar surface area (TPSA) is 26.0 Å². The molecular formula is C14H21N. The minimum atomic E-state index is 0.226. The van der Waals surface area contributed by atoms with E-state index in [2.05, 4.69) is 38.1 Å². The zero-order valence-corrected chi connectivity index (χ0v) is 9.74. The molecule has 1 aromatic carbocycles. The average Bonchev–Trinajstić information content (AvgIpc) is 3.11. The molecule has 82 valence electrons. The van der Waals surface area contributed by atoms with Gasteiger partial charge in [-0.15, -0.1) is 0 Å². The van der Waals surface area contributed by atoms with Crippen LogP contribution in [0.2, 0.25) is 0 Å². The summed E-state index contributed by atoms with van der Waals surface area (Å²) in [6.07, 6.45) is 3.85. The van der Waals surface area contributed by atoms with E-state index in [0.29, 0.717) is 5.92 Å². The molecule has 1 aromatic rings. The molecular weight excluding hydrogens is 182 g/mol. The first-order chi connectivity index (χ1) is 7.22. The predicted molar refractivity (Wildman–Crippen MR) is 64.6 cm³/mol. The van der Waals surface area contributed by atoms with Gasteiger partial charge in [0.05, 0.1) is 0 Å². The van der Waals surface area contributed by atoms with Gasteiger partial charge in [-0.2, -0.15) is 0 Å². The van der Waals surface area contributed by atoms with Crippen molar-refractivity contribution in [1.82, 2.24) is 0 Å². The molecule has 0 aromatic heterocycles. The summed E-state index contributed by atoms with van der Waals surface area (Å²) in [4.78, 5) is 0. The Kier molecular flexibility index (Phi) is 3.11. The Bertz CT molecular complexity index is 328. The lowest BCUT2D eigenvalue weighted by atomic mass is 9.90. The fourth-order valence-electron chi connectivity index (χ4n) is 2.24. The van der Waals surface area contributed by atoms with Gasteiger partial charge in [-0.3, -0.25) is 0 Å². The number of benzene rings is 1. The van der Waals surface area contributed by atoms with Gasteiger partial charge in [-0.05, 0) is 42.2 Å². The first-order valence-corrected chi connectivity index (χ1v) is 6.06. The van der Waals surface area contributed by atoms with Crippen molar-refractivity contribution in [2.24, 2.45) is 17.6 Å². The average molecular weight is 203 g/mol. The second-order valence-electron chi connectivity index (χ2n) is 4.82. The zero-order valence-electron chi connectivity index (χ0n) is 9.74. The minimum absolute atomic E-state index is 0.226. The summed E-state index contributed by atoms with van der Waals surface area (Å²) in [5, 5.41) is 0. The lowest BCUT2D eigenvalue weighted by Crippen LogP contribution is -2.20. The van der Waals surface area contributed by atoms with Crippen LogP contribution in [0.3, 0.4) is 0 Å². The van der Waals surface area contributed by atoms with Gasteiger partial charge >= 0.3 is 0 Å². The number of nitrogens with two attached hydrogens (primary N) is 1. The van der Waals surface area contributed by atoms with Crippen LogP contribution in [0, 0.1) is 11.8 Å². The van der Waals surface area contributed by atoms with E-state index >= 15 is 0 Å². The maximum Gasteiger partial charge on any atom is 0.0323 e. The quantitative estimate of drug-likeness (QED) is 0.798. The normalized spacial score (nSPS) is 19.9. The maximum atomic E-state index is 6.30. The van der Waals surface area contributed by atoms with Crippen molar-refractivity contribution in [2.45, 2.75) is 39.2 Å². The molecule has 0 radical (unpaired) electrons. The number of rotatable bonds is 4. The molecule has 2 N–H and O–H groups in total. The van der Waals surface area contributed by atoms with E-state index in [0.717, 1.165) is 12.3 Å². The molecule has 0 saturated heterocycles. The number of hydrogen-bond acceptors (Lipinski definition) is 1. The van der Waals surface area contributed by atoms with Crippen LogP contribution in [-0.2, 0) is 6.42 Å². The summed E-state index contributed by atoms with van der Waals surface area (Å²) in [6, 6.07) is 8.97. The largest absolute Gasteiger partial charge is 0.324 e. The molecule has 1 aliphatic carbocycles.